The molecule has 240 valence electrons. The molecule has 13 heteroatoms. The Morgan fingerprint density at radius 1 is 1.09 bits per heavy atom. The Morgan fingerprint density at radius 2 is 1.84 bits per heavy atom. The highest BCUT2D eigenvalue weighted by Crippen LogP contribution is 2.39. The molecule has 0 bridgehead atoms. The third kappa shape index (κ3) is 8.24. The lowest BCUT2D eigenvalue weighted by molar-refractivity contribution is -0.144. The summed E-state index contributed by atoms with van der Waals surface area (Å²) in [5.74, 6) is -2.44. The third-order valence-electron chi connectivity index (χ3n) is 8.30. The smallest absolute Gasteiger partial charge is 0.408 e. The van der Waals surface area contributed by atoms with E-state index in [-0.39, 0.29) is 25.4 Å². The zero-order chi connectivity index (χ0) is 31.4. The van der Waals surface area contributed by atoms with Gasteiger partial charge in [0, 0.05) is 25.3 Å². The van der Waals surface area contributed by atoms with Gasteiger partial charge in [0.15, 0.2) is 5.60 Å². The van der Waals surface area contributed by atoms with Crippen LogP contribution in [-0.4, -0.2) is 95.8 Å². The molecule has 43 heavy (non-hydrogen) atoms. The largest absolute Gasteiger partial charge is 0.444 e. The lowest BCUT2D eigenvalue weighted by atomic mass is 9.85. The first kappa shape index (κ1) is 32.7. The highest BCUT2D eigenvalue weighted by molar-refractivity contribution is 6.38. The van der Waals surface area contributed by atoms with Gasteiger partial charge in [-0.1, -0.05) is 52.6 Å². The molecule has 0 aromatic heterocycles. The predicted molar refractivity (Wildman–Crippen MR) is 156 cm³/mol. The number of amides is 4. The molecule has 4 aliphatic rings. The molecule has 4 rings (SSSR count). The van der Waals surface area contributed by atoms with Gasteiger partial charge in [-0.3, -0.25) is 19.2 Å². The highest BCUT2D eigenvalue weighted by atomic mass is 16.7. The summed E-state index contributed by atoms with van der Waals surface area (Å²) in [5, 5.41) is 12.5. The first-order chi connectivity index (χ1) is 20.4. The van der Waals surface area contributed by atoms with Gasteiger partial charge >= 0.3 is 6.09 Å². The van der Waals surface area contributed by atoms with Crippen LogP contribution in [0.25, 0.3) is 0 Å². The predicted octanol–water partition coefficient (Wildman–Crippen LogP) is 1.96. The Kier molecular flexibility index (Phi) is 10.3. The van der Waals surface area contributed by atoms with Crippen LogP contribution in [0.5, 0.6) is 0 Å². The van der Waals surface area contributed by atoms with Gasteiger partial charge in [0.05, 0.1) is 31.5 Å². The van der Waals surface area contributed by atoms with Crippen molar-refractivity contribution in [1.29, 1.82) is 0 Å². The van der Waals surface area contributed by atoms with Crippen LogP contribution < -0.4 is 16.0 Å². The number of carbonyl (C=O) groups is 5. The zero-order valence-corrected chi connectivity index (χ0v) is 26.0. The topological polar surface area (TPSA) is 165 Å². The molecule has 1 saturated carbocycles. The van der Waals surface area contributed by atoms with Crippen molar-refractivity contribution in [3.8, 4) is 0 Å². The maximum Gasteiger partial charge on any atom is 0.408 e. The van der Waals surface area contributed by atoms with Gasteiger partial charge in [0.1, 0.15) is 18.2 Å². The van der Waals surface area contributed by atoms with Crippen LogP contribution in [0.1, 0.15) is 92.4 Å². The molecule has 3 aliphatic heterocycles. The number of carbonyl (C=O) groups excluding carboxylic acids is 5. The fourth-order valence-corrected chi connectivity index (χ4v) is 5.82. The van der Waals surface area contributed by atoms with Crippen molar-refractivity contribution in [2.45, 2.75) is 128 Å². The molecule has 0 unspecified atom stereocenters. The van der Waals surface area contributed by atoms with Crippen LogP contribution in [0.3, 0.4) is 0 Å². The lowest BCUT2D eigenvalue weighted by Crippen LogP contribution is -2.59. The van der Waals surface area contributed by atoms with Crippen molar-refractivity contribution in [2.75, 3.05) is 19.8 Å². The lowest BCUT2D eigenvalue weighted by Gasteiger charge is -2.35. The van der Waals surface area contributed by atoms with Crippen molar-refractivity contribution < 1.29 is 38.3 Å². The summed E-state index contributed by atoms with van der Waals surface area (Å²) in [5.41, 5.74) is -0.777. The van der Waals surface area contributed by atoms with E-state index >= 15 is 0 Å². The van der Waals surface area contributed by atoms with E-state index < -0.39 is 64.8 Å². The Labute approximate surface area is 253 Å². The summed E-state index contributed by atoms with van der Waals surface area (Å²) in [7, 11) is 0. The molecule has 4 amide bonds. The zero-order valence-electron chi connectivity index (χ0n) is 26.0. The Balaban J connectivity index is 1.54. The van der Waals surface area contributed by atoms with Gasteiger partial charge in [0.25, 0.3) is 5.91 Å². The number of nitrogens with zero attached hydrogens (tertiary/aromatic N) is 2. The number of Topliss-reactive ketones (excluding diaryl/α,β-unsaturated/α-hetero) is 1. The van der Waals surface area contributed by atoms with Crippen LogP contribution >= 0.6 is 0 Å². The number of nitrogens with one attached hydrogen (secondary N) is 3. The van der Waals surface area contributed by atoms with E-state index in [4.69, 9.17) is 14.3 Å². The minimum absolute atomic E-state index is 0.00350. The first-order valence-corrected chi connectivity index (χ1v) is 15.6. The van der Waals surface area contributed by atoms with Gasteiger partial charge in [-0.15, -0.1) is 0 Å². The fraction of sp³-hybridized carbons (Fsp3) is 0.800. The van der Waals surface area contributed by atoms with Crippen LogP contribution in [-0.2, 0) is 33.5 Å². The van der Waals surface area contributed by atoms with Crippen LogP contribution in [0.4, 0.5) is 4.79 Å². The first-order valence-electron chi connectivity index (χ1n) is 15.6. The van der Waals surface area contributed by atoms with E-state index in [2.05, 4.69) is 21.1 Å². The minimum Gasteiger partial charge on any atom is -0.444 e. The Bertz CT molecular complexity index is 1110. The van der Waals surface area contributed by atoms with E-state index in [9.17, 15) is 24.0 Å². The fourth-order valence-electron chi connectivity index (χ4n) is 5.82. The number of hydrogen-bond acceptors (Lipinski definition) is 9. The van der Waals surface area contributed by atoms with Crippen molar-refractivity contribution in [3.05, 3.63) is 0 Å². The molecule has 5 atom stereocenters. The van der Waals surface area contributed by atoms with Crippen molar-refractivity contribution >= 4 is 35.3 Å². The summed E-state index contributed by atoms with van der Waals surface area (Å²) >= 11 is 0. The van der Waals surface area contributed by atoms with Gasteiger partial charge in [-0.2, -0.15) is 0 Å². The van der Waals surface area contributed by atoms with Gasteiger partial charge < -0.3 is 35.2 Å². The van der Waals surface area contributed by atoms with Crippen molar-refractivity contribution in [1.82, 2.24) is 20.9 Å². The summed E-state index contributed by atoms with van der Waals surface area (Å²) in [6, 6.07) is -3.05. The van der Waals surface area contributed by atoms with E-state index in [1.54, 1.807) is 0 Å². The van der Waals surface area contributed by atoms with Gasteiger partial charge in [-0.05, 0) is 31.1 Å². The van der Waals surface area contributed by atoms with Gasteiger partial charge in [-0.25, -0.2) is 4.79 Å². The van der Waals surface area contributed by atoms with E-state index in [1.165, 1.54) is 4.90 Å². The summed E-state index contributed by atoms with van der Waals surface area (Å²) in [6.45, 7) is 10.2. The molecule has 3 heterocycles. The van der Waals surface area contributed by atoms with Crippen molar-refractivity contribution in [3.63, 3.8) is 0 Å². The summed E-state index contributed by atoms with van der Waals surface area (Å²) in [6.07, 6.45) is 4.18. The molecule has 3 N–H and O–H groups in total. The van der Waals surface area contributed by atoms with E-state index in [0.717, 1.165) is 31.4 Å². The highest BCUT2D eigenvalue weighted by Gasteiger charge is 2.55. The normalized spacial score (nSPS) is 26.3. The molecular formula is C30H47N5O8. The van der Waals surface area contributed by atoms with E-state index in [1.807, 2.05) is 34.6 Å². The van der Waals surface area contributed by atoms with Crippen LogP contribution in [0.15, 0.2) is 5.16 Å². The molecule has 3 fully saturated rings. The standard InChI is InChI=1S/C30H47N5O8/c1-6-8-19-14-30(43-34-19)15-22(25(37)32-21(9-7-2)23(36)26(38)31-18-10-11-18)35(17-30)27(39)24(29(3,4)5)33-28(40)42-20-12-13-41-16-20/h18,20-22,24H,6-17H2,1-5H3,(H,31,38)(H,32,37)(H,33,40)/t20-,21-,22-,24+,30+/m0/s1. The maximum atomic E-state index is 14.2. The second-order valence-corrected chi connectivity index (χ2v) is 13.3. The SMILES string of the molecule is CCCC1=NO[C@]2(C1)C[C@@H](C(=O)N[C@@H](CCC)C(=O)C(=O)NC1CC1)N(C(=O)[C@@H](NC(=O)O[C@H]1CCOC1)C(C)(C)C)C2. The quantitative estimate of drug-likeness (QED) is 0.284. The molecule has 1 spiro atoms. The molecule has 2 saturated heterocycles. The Hall–Kier alpha value is -3.22. The number of oxime groups is 1. The monoisotopic (exact) mass is 605 g/mol. The number of hydrogen-bond donors (Lipinski definition) is 3. The van der Waals surface area contributed by atoms with Crippen molar-refractivity contribution in [2.24, 2.45) is 10.6 Å². The second kappa shape index (κ2) is 13.6. The number of rotatable bonds is 12. The Morgan fingerprint density at radius 3 is 2.44 bits per heavy atom. The number of ether oxygens (including phenoxy) is 2. The third-order valence-corrected chi connectivity index (χ3v) is 8.30. The molecule has 0 aromatic carbocycles. The van der Waals surface area contributed by atoms with E-state index in [0.29, 0.717) is 32.5 Å². The molecule has 1 aliphatic carbocycles. The van der Waals surface area contributed by atoms with Crippen LogP contribution in [0.2, 0.25) is 0 Å². The number of likely N-dealkylation sites (tertiary alicyclic amines) is 1. The molecule has 13 nitrogen and oxygen atoms in total. The molecule has 0 aromatic rings. The summed E-state index contributed by atoms with van der Waals surface area (Å²) in [4.78, 5) is 73.8. The molecular weight excluding hydrogens is 558 g/mol. The molecule has 0 radical (unpaired) electrons. The maximum absolute atomic E-state index is 14.2. The number of alkyl carbamates (subject to hydrolysis) is 1. The minimum atomic E-state index is -1.03. The second-order valence-electron chi connectivity index (χ2n) is 13.3. The van der Waals surface area contributed by atoms with Gasteiger partial charge in [0.2, 0.25) is 17.6 Å². The van der Waals surface area contributed by atoms with Crippen LogP contribution in [0, 0.1) is 5.41 Å². The average Bonchev–Trinajstić information content (AvgIpc) is 3.30. The number of ketones is 1. The summed E-state index contributed by atoms with van der Waals surface area (Å²) < 4.78 is 10.8. The average molecular weight is 606 g/mol.